The zero-order chi connectivity index (χ0) is 13.5. The SMILES string of the molecule is Brc1cccc(OC2CCCC2)n1.OC1CCCC1. The average Bonchev–Trinajstić information content (AvgIpc) is 3.04. The maximum absolute atomic E-state index is 8.73. The molecule has 2 aliphatic rings. The molecule has 2 saturated carbocycles. The first-order valence-corrected chi connectivity index (χ1v) is 8.00. The standard InChI is InChI=1S/C10H12BrNO.C5H10O/c11-9-6-3-7-10(12-9)13-8-4-1-2-5-8;6-5-3-1-2-4-5/h3,6-8H,1-2,4-5H2;5-6H,1-4H2. The Labute approximate surface area is 123 Å². The summed E-state index contributed by atoms with van der Waals surface area (Å²) in [6.45, 7) is 0. The number of nitrogens with zero attached hydrogens (tertiary/aromatic N) is 1. The molecule has 19 heavy (non-hydrogen) atoms. The van der Waals surface area contributed by atoms with Crippen LogP contribution in [0, 0.1) is 0 Å². The third-order valence-corrected chi connectivity index (χ3v) is 4.05. The minimum Gasteiger partial charge on any atom is -0.474 e. The Hall–Kier alpha value is -0.610. The molecule has 1 aromatic heterocycles. The molecule has 1 aromatic rings. The highest BCUT2D eigenvalue weighted by atomic mass is 79.9. The molecule has 1 N–H and O–H groups in total. The van der Waals surface area contributed by atoms with Gasteiger partial charge >= 0.3 is 0 Å². The third-order valence-electron chi connectivity index (χ3n) is 3.60. The predicted octanol–water partition coefficient (Wildman–Crippen LogP) is 4.09. The van der Waals surface area contributed by atoms with Gasteiger partial charge in [0, 0.05) is 6.07 Å². The smallest absolute Gasteiger partial charge is 0.214 e. The summed E-state index contributed by atoms with van der Waals surface area (Å²) in [5, 5.41) is 8.73. The van der Waals surface area contributed by atoms with E-state index < -0.39 is 0 Å². The first kappa shape index (κ1) is 14.8. The Bertz CT molecular complexity index is 374. The number of halogens is 1. The number of pyridine rings is 1. The fraction of sp³-hybridized carbons (Fsp3) is 0.667. The molecule has 106 valence electrons. The fourth-order valence-corrected chi connectivity index (χ4v) is 2.86. The first-order valence-electron chi connectivity index (χ1n) is 7.21. The second-order valence-corrected chi connectivity index (χ2v) is 6.07. The Balaban J connectivity index is 0.000000186. The molecule has 4 heteroatoms. The lowest BCUT2D eigenvalue weighted by molar-refractivity contribution is 0.183. The van der Waals surface area contributed by atoms with Gasteiger partial charge in [-0.2, -0.15) is 0 Å². The number of rotatable bonds is 2. The molecule has 0 amide bonds. The lowest BCUT2D eigenvalue weighted by Crippen LogP contribution is -2.11. The molecule has 0 aromatic carbocycles. The van der Waals surface area contributed by atoms with Crippen LogP contribution in [-0.4, -0.2) is 22.3 Å². The van der Waals surface area contributed by atoms with Crippen molar-refractivity contribution in [2.75, 3.05) is 0 Å². The van der Waals surface area contributed by atoms with Crippen molar-refractivity contribution in [3.05, 3.63) is 22.8 Å². The van der Waals surface area contributed by atoms with Crippen LogP contribution in [0.3, 0.4) is 0 Å². The van der Waals surface area contributed by atoms with Crippen molar-refractivity contribution in [2.45, 2.75) is 63.6 Å². The van der Waals surface area contributed by atoms with Gasteiger partial charge in [0.05, 0.1) is 6.10 Å². The minimum atomic E-state index is 0.0463. The van der Waals surface area contributed by atoms with E-state index in [2.05, 4.69) is 20.9 Å². The van der Waals surface area contributed by atoms with Gasteiger partial charge in [-0.25, -0.2) is 4.98 Å². The average molecular weight is 328 g/mol. The van der Waals surface area contributed by atoms with E-state index in [9.17, 15) is 0 Å². The van der Waals surface area contributed by atoms with E-state index in [0.29, 0.717) is 6.10 Å². The van der Waals surface area contributed by atoms with Crippen LogP contribution in [0.25, 0.3) is 0 Å². The zero-order valence-electron chi connectivity index (χ0n) is 11.2. The molecule has 2 aliphatic carbocycles. The molecule has 0 unspecified atom stereocenters. The molecule has 0 aliphatic heterocycles. The molecule has 0 atom stereocenters. The highest BCUT2D eigenvalue weighted by Gasteiger charge is 2.16. The van der Waals surface area contributed by atoms with Crippen LogP contribution in [0.5, 0.6) is 5.88 Å². The van der Waals surface area contributed by atoms with Gasteiger partial charge in [0.2, 0.25) is 5.88 Å². The van der Waals surface area contributed by atoms with Gasteiger partial charge in [0.15, 0.2) is 0 Å². The lowest BCUT2D eigenvalue weighted by atomic mass is 10.3. The molecule has 0 spiro atoms. The molecular formula is C15H22BrNO2. The summed E-state index contributed by atoms with van der Waals surface area (Å²) in [6.07, 6.45) is 9.93. The van der Waals surface area contributed by atoms with Crippen molar-refractivity contribution in [3.63, 3.8) is 0 Å². The molecule has 0 saturated heterocycles. The van der Waals surface area contributed by atoms with Crippen LogP contribution in [-0.2, 0) is 0 Å². The quantitative estimate of drug-likeness (QED) is 0.832. The highest BCUT2D eigenvalue weighted by molar-refractivity contribution is 9.10. The van der Waals surface area contributed by atoms with Crippen LogP contribution in [0.15, 0.2) is 22.8 Å². The normalized spacial score (nSPS) is 20.1. The van der Waals surface area contributed by atoms with Crippen LogP contribution in [0.2, 0.25) is 0 Å². The molecule has 3 rings (SSSR count). The largest absolute Gasteiger partial charge is 0.474 e. The van der Waals surface area contributed by atoms with Gasteiger partial charge in [-0.05, 0) is 60.5 Å². The van der Waals surface area contributed by atoms with Gasteiger partial charge < -0.3 is 9.84 Å². The Morgan fingerprint density at radius 2 is 1.68 bits per heavy atom. The van der Waals surface area contributed by atoms with Gasteiger partial charge in [0.1, 0.15) is 10.7 Å². The number of aliphatic hydroxyl groups is 1. The fourth-order valence-electron chi connectivity index (χ4n) is 2.54. The van der Waals surface area contributed by atoms with E-state index in [4.69, 9.17) is 9.84 Å². The van der Waals surface area contributed by atoms with Gasteiger partial charge in [-0.3, -0.25) is 0 Å². The predicted molar refractivity (Wildman–Crippen MR) is 79.3 cm³/mol. The number of hydrogen-bond donors (Lipinski definition) is 1. The first-order chi connectivity index (χ1) is 9.24. The van der Waals surface area contributed by atoms with Crippen molar-refractivity contribution in [3.8, 4) is 5.88 Å². The number of aromatic nitrogens is 1. The lowest BCUT2D eigenvalue weighted by Gasteiger charge is -2.11. The number of ether oxygens (including phenoxy) is 1. The third kappa shape index (κ3) is 5.49. The molecule has 0 radical (unpaired) electrons. The topological polar surface area (TPSA) is 42.4 Å². The van der Waals surface area contributed by atoms with Gasteiger partial charge in [0.25, 0.3) is 0 Å². The van der Waals surface area contributed by atoms with E-state index >= 15 is 0 Å². The molecule has 1 heterocycles. The van der Waals surface area contributed by atoms with Crippen LogP contribution < -0.4 is 4.74 Å². The Morgan fingerprint density at radius 3 is 2.21 bits per heavy atom. The minimum absolute atomic E-state index is 0.0463. The summed E-state index contributed by atoms with van der Waals surface area (Å²) in [6, 6.07) is 5.76. The van der Waals surface area contributed by atoms with Crippen molar-refractivity contribution < 1.29 is 9.84 Å². The van der Waals surface area contributed by atoms with Gasteiger partial charge in [-0.15, -0.1) is 0 Å². The molecular weight excluding hydrogens is 306 g/mol. The maximum Gasteiger partial charge on any atom is 0.214 e. The summed E-state index contributed by atoms with van der Waals surface area (Å²) < 4.78 is 6.55. The Morgan fingerprint density at radius 1 is 1.05 bits per heavy atom. The molecule has 0 bridgehead atoms. The number of hydrogen-bond acceptors (Lipinski definition) is 3. The summed E-state index contributed by atoms with van der Waals surface area (Å²) in [5.74, 6) is 0.737. The van der Waals surface area contributed by atoms with Crippen molar-refractivity contribution in [1.82, 2.24) is 4.98 Å². The van der Waals surface area contributed by atoms with Crippen molar-refractivity contribution in [1.29, 1.82) is 0 Å². The van der Waals surface area contributed by atoms with Gasteiger partial charge in [-0.1, -0.05) is 18.9 Å². The van der Waals surface area contributed by atoms with E-state index in [0.717, 1.165) is 23.3 Å². The summed E-state index contributed by atoms with van der Waals surface area (Å²) in [5.41, 5.74) is 0. The van der Waals surface area contributed by atoms with E-state index in [1.165, 1.54) is 38.5 Å². The Kier molecular flexibility index (Phi) is 6.11. The summed E-state index contributed by atoms with van der Waals surface area (Å²) >= 11 is 3.32. The van der Waals surface area contributed by atoms with Crippen LogP contribution in [0.4, 0.5) is 0 Å². The van der Waals surface area contributed by atoms with Crippen molar-refractivity contribution in [2.24, 2.45) is 0 Å². The maximum atomic E-state index is 8.73. The second-order valence-electron chi connectivity index (χ2n) is 5.26. The van der Waals surface area contributed by atoms with E-state index in [-0.39, 0.29) is 6.10 Å². The summed E-state index contributed by atoms with van der Waals surface area (Å²) in [4.78, 5) is 4.23. The molecule has 3 nitrogen and oxygen atoms in total. The highest BCUT2D eigenvalue weighted by Crippen LogP contribution is 2.23. The van der Waals surface area contributed by atoms with Crippen molar-refractivity contribution >= 4 is 15.9 Å². The van der Waals surface area contributed by atoms with Crippen LogP contribution in [0.1, 0.15) is 51.4 Å². The molecule has 2 fully saturated rings. The number of aliphatic hydroxyl groups excluding tert-OH is 1. The van der Waals surface area contributed by atoms with E-state index in [1.54, 1.807) is 0 Å². The van der Waals surface area contributed by atoms with Crippen LogP contribution >= 0.6 is 15.9 Å². The summed E-state index contributed by atoms with van der Waals surface area (Å²) in [7, 11) is 0. The monoisotopic (exact) mass is 327 g/mol. The zero-order valence-corrected chi connectivity index (χ0v) is 12.8. The van der Waals surface area contributed by atoms with E-state index in [1.807, 2.05) is 18.2 Å². The second kappa shape index (κ2) is 7.85.